The highest BCUT2D eigenvalue weighted by Crippen LogP contribution is 2.38. The number of hydrazine groups is 1. The first-order valence-corrected chi connectivity index (χ1v) is 13.2. The van der Waals surface area contributed by atoms with Crippen molar-refractivity contribution in [3.05, 3.63) is 57.0 Å². The number of amides is 1. The van der Waals surface area contributed by atoms with Crippen LogP contribution in [0.15, 0.2) is 41.0 Å². The highest BCUT2D eigenvalue weighted by Gasteiger charge is 2.49. The summed E-state index contributed by atoms with van der Waals surface area (Å²) in [5, 5.41) is 7.16. The summed E-state index contributed by atoms with van der Waals surface area (Å²) < 4.78 is 15.2. The number of hydrogen-bond donors (Lipinski definition) is 0. The second-order valence-electron chi connectivity index (χ2n) is 9.63. The Morgan fingerprint density at radius 3 is 2.63 bits per heavy atom. The molecule has 2 aromatic carbocycles. The lowest BCUT2D eigenvalue weighted by molar-refractivity contribution is -0.620. The number of benzene rings is 2. The monoisotopic (exact) mass is 539 g/mol. The fourth-order valence-corrected chi connectivity index (χ4v) is 6.31. The molecule has 1 atom stereocenters. The molecule has 182 valence electrons. The lowest BCUT2D eigenvalue weighted by Crippen LogP contribution is -2.43. The van der Waals surface area contributed by atoms with Crippen LogP contribution in [0.4, 0.5) is 5.69 Å². The lowest BCUT2D eigenvalue weighted by atomic mass is 9.92. The van der Waals surface area contributed by atoms with Gasteiger partial charge in [-0.25, -0.2) is 4.68 Å². The Morgan fingerprint density at radius 1 is 1.09 bits per heavy atom. The third-order valence-electron chi connectivity index (χ3n) is 7.50. The zero-order valence-corrected chi connectivity index (χ0v) is 21.2. The Bertz CT molecular complexity index is 1270. The van der Waals surface area contributed by atoms with Crippen molar-refractivity contribution in [2.24, 2.45) is 0 Å². The quantitative estimate of drug-likeness (QED) is 0.381. The van der Waals surface area contributed by atoms with E-state index in [0.29, 0.717) is 11.3 Å². The van der Waals surface area contributed by atoms with E-state index in [1.54, 1.807) is 24.3 Å². The van der Waals surface area contributed by atoms with E-state index in [2.05, 4.69) is 28.9 Å². The largest absolute Gasteiger partial charge is 0.490 e. The number of nitroso groups, excluding NO2 is 1. The molecule has 1 saturated carbocycles. The number of para-hydroxylation sites is 1. The summed E-state index contributed by atoms with van der Waals surface area (Å²) >= 11 is 3.65. The van der Waals surface area contributed by atoms with Crippen molar-refractivity contribution in [2.75, 3.05) is 6.61 Å². The van der Waals surface area contributed by atoms with Crippen LogP contribution < -0.4 is 4.74 Å². The number of rotatable bonds is 4. The second-order valence-corrected chi connectivity index (χ2v) is 10.4. The van der Waals surface area contributed by atoms with Gasteiger partial charge in [-0.1, -0.05) is 17.1 Å². The third-order valence-corrected chi connectivity index (χ3v) is 8.05. The van der Waals surface area contributed by atoms with Crippen molar-refractivity contribution >= 4 is 38.4 Å². The van der Waals surface area contributed by atoms with Crippen molar-refractivity contribution in [3.8, 4) is 5.75 Å². The van der Waals surface area contributed by atoms with Gasteiger partial charge in [0.15, 0.2) is 11.1 Å². The molecular weight excluding hydrogens is 512 g/mol. The number of aryl methyl sites for hydroxylation is 1. The number of fused-ring (bicyclic) bond motifs is 2. The Hall–Kier alpha value is -2.78. The van der Waals surface area contributed by atoms with Gasteiger partial charge < -0.3 is 9.47 Å². The van der Waals surface area contributed by atoms with Crippen molar-refractivity contribution in [2.45, 2.75) is 70.2 Å². The van der Waals surface area contributed by atoms with Crippen molar-refractivity contribution < 1.29 is 19.1 Å². The summed E-state index contributed by atoms with van der Waals surface area (Å²) in [6.45, 7) is 2.84. The number of nitrogens with zero attached hydrogens (tertiary/aromatic N) is 4. The minimum Gasteiger partial charge on any atom is -0.490 e. The van der Waals surface area contributed by atoms with E-state index in [9.17, 15) is 9.70 Å². The van der Waals surface area contributed by atoms with Crippen LogP contribution >= 0.6 is 15.9 Å². The smallest absolute Gasteiger partial charge is 0.320 e. The van der Waals surface area contributed by atoms with Crippen molar-refractivity contribution in [1.82, 2.24) is 14.8 Å². The minimum atomic E-state index is -0.204. The van der Waals surface area contributed by atoms with Crippen LogP contribution in [-0.4, -0.2) is 44.3 Å². The molecule has 1 amide bonds. The number of halogens is 1. The molecule has 0 spiro atoms. The molecular formula is C26H28BrN4O4+. The van der Waals surface area contributed by atoms with Gasteiger partial charge in [-0.2, -0.15) is 5.10 Å². The molecule has 0 radical (unpaired) electrons. The predicted molar refractivity (Wildman–Crippen MR) is 134 cm³/mol. The molecule has 1 aromatic heterocycles. The molecule has 9 heteroatoms. The van der Waals surface area contributed by atoms with Crippen LogP contribution in [0.2, 0.25) is 0 Å². The Labute approximate surface area is 211 Å². The number of carbonyl (C=O) groups is 1. The molecule has 3 heterocycles. The number of hydrogen-bond acceptors (Lipinski definition) is 5. The van der Waals surface area contributed by atoms with Crippen LogP contribution in [0.3, 0.4) is 0 Å². The normalized spacial score (nSPS) is 24.7. The SMILES string of the molecule is Cc1c(OC2CCC(N3C(=O)c4ccccc4[N+]3=O)CC2)ccc2c1c(Br)nn2C1CCCCO1. The van der Waals surface area contributed by atoms with Crippen molar-refractivity contribution in [3.63, 3.8) is 0 Å². The fraction of sp³-hybridized carbons (Fsp3) is 0.462. The Balaban J connectivity index is 1.16. The molecule has 35 heavy (non-hydrogen) atoms. The number of carbonyl (C=O) groups excluding carboxylic acids is 1. The molecule has 0 bridgehead atoms. The maximum Gasteiger partial charge on any atom is 0.320 e. The highest BCUT2D eigenvalue weighted by atomic mass is 79.9. The number of aromatic nitrogens is 2. The molecule has 1 unspecified atom stereocenters. The average molecular weight is 540 g/mol. The predicted octanol–water partition coefficient (Wildman–Crippen LogP) is 5.98. The Kier molecular flexibility index (Phi) is 5.84. The van der Waals surface area contributed by atoms with Crippen LogP contribution in [0.1, 0.15) is 67.1 Å². The molecule has 0 N–H and O–H groups in total. The summed E-state index contributed by atoms with van der Waals surface area (Å²) in [4.78, 5) is 26.4. The van der Waals surface area contributed by atoms with Crippen LogP contribution in [0.5, 0.6) is 5.75 Å². The maximum atomic E-state index is 12.8. The molecule has 2 fully saturated rings. The zero-order chi connectivity index (χ0) is 24.1. The fourth-order valence-electron chi connectivity index (χ4n) is 5.64. The van der Waals surface area contributed by atoms with E-state index in [1.807, 2.05) is 10.7 Å². The van der Waals surface area contributed by atoms with E-state index >= 15 is 0 Å². The number of ether oxygens (including phenoxy) is 2. The summed E-state index contributed by atoms with van der Waals surface area (Å²) in [6, 6.07) is 11.0. The van der Waals surface area contributed by atoms with Crippen LogP contribution in [0, 0.1) is 11.8 Å². The first kappa shape index (κ1) is 22.7. The molecule has 1 saturated heterocycles. The van der Waals surface area contributed by atoms with Gasteiger partial charge in [-0.15, -0.1) is 0 Å². The standard InChI is InChI=1S/C26H28BrN4O4/c1-16-22(14-13-21-24(16)25(27)28-29(21)23-8-4-5-15-34-23)35-18-11-9-17(10-12-18)30-26(32)19-6-2-3-7-20(19)31(30)33/h2-3,6-7,13-14,17-18,23H,4-5,8-12,15H2,1H3/q+1. The van der Waals surface area contributed by atoms with E-state index in [4.69, 9.17) is 14.6 Å². The average Bonchev–Trinajstić information content (AvgIpc) is 3.36. The van der Waals surface area contributed by atoms with Crippen molar-refractivity contribution in [1.29, 1.82) is 0 Å². The Morgan fingerprint density at radius 2 is 1.89 bits per heavy atom. The van der Waals surface area contributed by atoms with E-state index in [1.165, 1.54) is 5.01 Å². The zero-order valence-electron chi connectivity index (χ0n) is 19.7. The van der Waals surface area contributed by atoms with Gasteiger partial charge in [0.2, 0.25) is 0 Å². The topological polar surface area (TPSA) is 76.7 Å². The van der Waals surface area contributed by atoms with Gasteiger partial charge in [0.1, 0.15) is 15.9 Å². The molecule has 3 aromatic rings. The summed E-state index contributed by atoms with van der Waals surface area (Å²) in [7, 11) is 0. The molecule has 6 rings (SSSR count). The molecule has 1 aliphatic carbocycles. The van der Waals surface area contributed by atoms with Gasteiger partial charge >= 0.3 is 11.6 Å². The molecule has 2 aliphatic heterocycles. The molecule has 3 aliphatic rings. The van der Waals surface area contributed by atoms with Crippen LogP contribution in [0.25, 0.3) is 10.9 Å². The second kappa shape index (κ2) is 9.02. The van der Waals surface area contributed by atoms with E-state index < -0.39 is 0 Å². The van der Waals surface area contributed by atoms with Gasteiger partial charge in [0.25, 0.3) is 0 Å². The van der Waals surface area contributed by atoms with Gasteiger partial charge in [-0.05, 0) is 86.0 Å². The van der Waals surface area contributed by atoms with E-state index in [-0.39, 0.29) is 24.3 Å². The highest BCUT2D eigenvalue weighted by molar-refractivity contribution is 9.10. The summed E-state index contributed by atoms with van der Waals surface area (Å²) in [5.74, 6) is 0.644. The van der Waals surface area contributed by atoms with E-state index in [0.717, 1.165) is 83.2 Å². The first-order chi connectivity index (χ1) is 17.0. The van der Waals surface area contributed by atoms with Crippen LogP contribution in [-0.2, 0) is 4.74 Å². The maximum absolute atomic E-state index is 12.8. The third kappa shape index (κ3) is 3.85. The molecule has 8 nitrogen and oxygen atoms in total. The first-order valence-electron chi connectivity index (χ1n) is 12.4. The minimum absolute atomic E-state index is 0.0287. The van der Waals surface area contributed by atoms with Gasteiger partial charge in [0.05, 0.1) is 22.6 Å². The lowest BCUT2D eigenvalue weighted by Gasteiger charge is -2.30. The van der Waals surface area contributed by atoms with Gasteiger partial charge in [0, 0.05) is 23.6 Å². The summed E-state index contributed by atoms with van der Waals surface area (Å²) in [6.07, 6.45) is 6.25. The van der Waals surface area contributed by atoms with Gasteiger partial charge in [-0.3, -0.25) is 4.79 Å². The summed E-state index contributed by atoms with van der Waals surface area (Å²) in [5.41, 5.74) is 3.01.